The molecule has 1 aliphatic rings. The van der Waals surface area contributed by atoms with Crippen LogP contribution in [-0.4, -0.2) is 41.8 Å². The van der Waals surface area contributed by atoms with Crippen LogP contribution < -0.4 is 5.73 Å². The monoisotopic (exact) mass is 228 g/mol. The van der Waals surface area contributed by atoms with Crippen LogP contribution in [0, 0.1) is 11.8 Å². The van der Waals surface area contributed by atoms with Crippen molar-refractivity contribution in [3.8, 4) is 0 Å². The van der Waals surface area contributed by atoms with E-state index in [0.29, 0.717) is 0 Å². The standard InChI is InChI=1S/C13H28N2O/c1-4-12(14)13(9-16)15-7-5-11(6-8-15)10(2)3/h10-13,16H,4-9,14H2,1-3H3. The molecule has 1 rings (SSSR count). The third-order valence-corrected chi connectivity index (χ3v) is 4.14. The van der Waals surface area contributed by atoms with Crippen LogP contribution in [0.25, 0.3) is 0 Å². The lowest BCUT2D eigenvalue weighted by Crippen LogP contribution is -2.52. The molecular formula is C13H28N2O. The number of rotatable bonds is 5. The lowest BCUT2D eigenvalue weighted by Gasteiger charge is -2.40. The van der Waals surface area contributed by atoms with Gasteiger partial charge >= 0.3 is 0 Å². The van der Waals surface area contributed by atoms with Crippen molar-refractivity contribution >= 4 is 0 Å². The number of hydrogen-bond donors (Lipinski definition) is 2. The molecule has 96 valence electrons. The van der Waals surface area contributed by atoms with Gasteiger partial charge in [-0.05, 0) is 44.2 Å². The van der Waals surface area contributed by atoms with Gasteiger partial charge in [0.1, 0.15) is 0 Å². The lowest BCUT2D eigenvalue weighted by atomic mass is 9.86. The average Bonchev–Trinajstić information content (AvgIpc) is 2.30. The van der Waals surface area contributed by atoms with E-state index in [1.165, 1.54) is 12.8 Å². The minimum Gasteiger partial charge on any atom is -0.395 e. The molecule has 2 unspecified atom stereocenters. The molecule has 0 aromatic rings. The first kappa shape index (κ1) is 13.9. The summed E-state index contributed by atoms with van der Waals surface area (Å²) >= 11 is 0. The van der Waals surface area contributed by atoms with E-state index in [4.69, 9.17) is 5.73 Å². The summed E-state index contributed by atoms with van der Waals surface area (Å²) in [6.07, 6.45) is 3.45. The van der Waals surface area contributed by atoms with Gasteiger partial charge in [-0.15, -0.1) is 0 Å². The van der Waals surface area contributed by atoms with E-state index in [9.17, 15) is 5.11 Å². The van der Waals surface area contributed by atoms with E-state index in [2.05, 4.69) is 25.7 Å². The van der Waals surface area contributed by atoms with E-state index in [-0.39, 0.29) is 18.7 Å². The molecule has 16 heavy (non-hydrogen) atoms. The number of nitrogens with two attached hydrogens (primary N) is 1. The Bertz CT molecular complexity index is 188. The quantitative estimate of drug-likeness (QED) is 0.749. The number of nitrogens with zero attached hydrogens (tertiary/aromatic N) is 1. The van der Waals surface area contributed by atoms with Crippen LogP contribution >= 0.6 is 0 Å². The Morgan fingerprint density at radius 3 is 2.25 bits per heavy atom. The minimum atomic E-state index is 0.112. The van der Waals surface area contributed by atoms with Gasteiger partial charge in [-0.1, -0.05) is 20.8 Å². The summed E-state index contributed by atoms with van der Waals surface area (Å²) in [5.74, 6) is 1.64. The molecule has 0 amide bonds. The van der Waals surface area contributed by atoms with Gasteiger partial charge in [0.15, 0.2) is 0 Å². The molecular weight excluding hydrogens is 200 g/mol. The van der Waals surface area contributed by atoms with Crippen molar-refractivity contribution in [1.82, 2.24) is 4.90 Å². The summed E-state index contributed by atoms with van der Waals surface area (Å²) in [4.78, 5) is 2.38. The molecule has 0 aromatic heterocycles. The Morgan fingerprint density at radius 2 is 1.88 bits per heavy atom. The van der Waals surface area contributed by atoms with Gasteiger partial charge in [0.2, 0.25) is 0 Å². The van der Waals surface area contributed by atoms with Gasteiger partial charge in [0, 0.05) is 12.1 Å². The fourth-order valence-electron chi connectivity index (χ4n) is 2.71. The first-order valence-electron chi connectivity index (χ1n) is 6.70. The Kier molecular flexibility index (Phi) is 5.73. The highest BCUT2D eigenvalue weighted by Crippen LogP contribution is 2.26. The van der Waals surface area contributed by atoms with Gasteiger partial charge in [0.25, 0.3) is 0 Å². The normalized spacial score (nSPS) is 23.6. The second kappa shape index (κ2) is 6.58. The van der Waals surface area contributed by atoms with Crippen LogP contribution in [0.4, 0.5) is 0 Å². The molecule has 2 atom stereocenters. The molecule has 0 saturated carbocycles. The summed E-state index contributed by atoms with van der Waals surface area (Å²) < 4.78 is 0. The molecule has 3 nitrogen and oxygen atoms in total. The summed E-state index contributed by atoms with van der Waals surface area (Å²) in [7, 11) is 0. The Morgan fingerprint density at radius 1 is 1.31 bits per heavy atom. The number of aliphatic hydroxyl groups is 1. The average molecular weight is 228 g/mol. The number of piperidine rings is 1. The molecule has 3 N–H and O–H groups in total. The van der Waals surface area contributed by atoms with Crippen molar-refractivity contribution in [2.75, 3.05) is 19.7 Å². The van der Waals surface area contributed by atoms with Crippen LogP contribution in [0.15, 0.2) is 0 Å². The van der Waals surface area contributed by atoms with Crippen LogP contribution in [0.5, 0.6) is 0 Å². The van der Waals surface area contributed by atoms with Crippen molar-refractivity contribution in [3.05, 3.63) is 0 Å². The highest BCUT2D eigenvalue weighted by molar-refractivity contribution is 4.85. The molecule has 3 heteroatoms. The SMILES string of the molecule is CCC(N)C(CO)N1CCC(C(C)C)CC1. The summed E-state index contributed by atoms with van der Waals surface area (Å²) in [5, 5.41) is 9.43. The predicted octanol–water partition coefficient (Wildman–Crippen LogP) is 1.45. The molecule has 1 heterocycles. The maximum atomic E-state index is 9.43. The largest absolute Gasteiger partial charge is 0.395 e. The van der Waals surface area contributed by atoms with E-state index in [1.807, 2.05) is 0 Å². The van der Waals surface area contributed by atoms with Crippen molar-refractivity contribution in [2.45, 2.75) is 52.1 Å². The van der Waals surface area contributed by atoms with E-state index < -0.39 is 0 Å². The topological polar surface area (TPSA) is 49.5 Å². The third kappa shape index (κ3) is 3.44. The van der Waals surface area contributed by atoms with E-state index in [0.717, 1.165) is 31.3 Å². The number of hydrogen-bond acceptors (Lipinski definition) is 3. The summed E-state index contributed by atoms with van der Waals surface area (Å²) in [6.45, 7) is 9.10. The van der Waals surface area contributed by atoms with Crippen LogP contribution in [-0.2, 0) is 0 Å². The van der Waals surface area contributed by atoms with Gasteiger partial charge in [-0.2, -0.15) is 0 Å². The highest BCUT2D eigenvalue weighted by Gasteiger charge is 2.28. The summed E-state index contributed by atoms with van der Waals surface area (Å²) in [5.41, 5.74) is 6.05. The highest BCUT2D eigenvalue weighted by atomic mass is 16.3. The maximum absolute atomic E-state index is 9.43. The van der Waals surface area contributed by atoms with E-state index >= 15 is 0 Å². The van der Waals surface area contributed by atoms with Crippen molar-refractivity contribution < 1.29 is 5.11 Å². The van der Waals surface area contributed by atoms with Gasteiger partial charge in [-0.3, -0.25) is 4.90 Å². The van der Waals surface area contributed by atoms with Crippen molar-refractivity contribution in [3.63, 3.8) is 0 Å². The minimum absolute atomic E-state index is 0.112. The maximum Gasteiger partial charge on any atom is 0.0601 e. The fraction of sp³-hybridized carbons (Fsp3) is 1.00. The zero-order valence-electron chi connectivity index (χ0n) is 11.0. The molecule has 0 aliphatic carbocycles. The Hall–Kier alpha value is -0.120. The fourth-order valence-corrected chi connectivity index (χ4v) is 2.71. The first-order chi connectivity index (χ1) is 7.60. The van der Waals surface area contributed by atoms with E-state index in [1.54, 1.807) is 0 Å². The zero-order valence-corrected chi connectivity index (χ0v) is 11.0. The zero-order chi connectivity index (χ0) is 12.1. The number of aliphatic hydroxyl groups excluding tert-OH is 1. The predicted molar refractivity (Wildman–Crippen MR) is 68.3 cm³/mol. The Balaban J connectivity index is 2.45. The molecule has 0 spiro atoms. The van der Waals surface area contributed by atoms with Crippen LogP contribution in [0.3, 0.4) is 0 Å². The second-order valence-corrected chi connectivity index (χ2v) is 5.44. The lowest BCUT2D eigenvalue weighted by molar-refractivity contribution is 0.0624. The smallest absolute Gasteiger partial charge is 0.0601 e. The molecule has 1 fully saturated rings. The third-order valence-electron chi connectivity index (χ3n) is 4.14. The van der Waals surface area contributed by atoms with Crippen molar-refractivity contribution in [1.29, 1.82) is 0 Å². The molecule has 1 aliphatic heterocycles. The molecule has 1 saturated heterocycles. The Labute approximate surface area is 100 Å². The molecule has 0 aromatic carbocycles. The molecule has 0 bridgehead atoms. The molecule has 0 radical (unpaired) electrons. The van der Waals surface area contributed by atoms with Gasteiger partial charge < -0.3 is 10.8 Å². The summed E-state index contributed by atoms with van der Waals surface area (Å²) in [6, 6.07) is 0.277. The van der Waals surface area contributed by atoms with Crippen LogP contribution in [0.2, 0.25) is 0 Å². The second-order valence-electron chi connectivity index (χ2n) is 5.44. The first-order valence-corrected chi connectivity index (χ1v) is 6.70. The van der Waals surface area contributed by atoms with Crippen molar-refractivity contribution in [2.24, 2.45) is 17.6 Å². The van der Waals surface area contributed by atoms with Crippen LogP contribution in [0.1, 0.15) is 40.0 Å². The van der Waals surface area contributed by atoms with Gasteiger partial charge in [0.05, 0.1) is 6.61 Å². The number of likely N-dealkylation sites (tertiary alicyclic amines) is 1. The van der Waals surface area contributed by atoms with Gasteiger partial charge in [-0.25, -0.2) is 0 Å².